The van der Waals surface area contributed by atoms with Gasteiger partial charge in [-0.1, -0.05) is 30.2 Å². The third-order valence-electron chi connectivity index (χ3n) is 6.36. The van der Waals surface area contributed by atoms with E-state index in [4.69, 9.17) is 32.0 Å². The number of carboxylic acid groups (broad SMARTS) is 1. The van der Waals surface area contributed by atoms with Crippen LogP contribution in [0.4, 0.5) is 5.69 Å². The molecule has 4 rings (SSSR count). The van der Waals surface area contributed by atoms with Crippen LogP contribution in [0.2, 0.25) is 5.02 Å². The highest BCUT2D eigenvalue weighted by Gasteiger charge is 2.47. The van der Waals surface area contributed by atoms with Gasteiger partial charge in [-0.3, -0.25) is 4.72 Å². The maximum Gasteiger partial charge on any atom is 0.341 e. The molecule has 1 spiro atoms. The number of carbonyl (C=O) groups excluding carboxylic acids is 2. The van der Waals surface area contributed by atoms with Gasteiger partial charge in [0.15, 0.2) is 5.60 Å². The smallest absolute Gasteiger partial charge is 0.341 e. The Balaban J connectivity index is 0.00000115. The Kier molecular flexibility index (Phi) is 8.65. The van der Waals surface area contributed by atoms with Gasteiger partial charge < -0.3 is 26.1 Å². The van der Waals surface area contributed by atoms with Crippen LogP contribution in [-0.2, 0) is 24.3 Å². The second-order valence-corrected chi connectivity index (χ2v) is 11.1. The molecule has 0 saturated heterocycles. The third-order valence-corrected chi connectivity index (χ3v) is 8.04. The normalized spacial score (nSPS) is 16.8. The maximum atomic E-state index is 12.8. The Bertz CT molecular complexity index is 1290. The summed E-state index contributed by atoms with van der Waals surface area (Å²) in [6.45, 7) is 1.68. The average Bonchev–Trinajstić information content (AvgIpc) is 3.04. The summed E-state index contributed by atoms with van der Waals surface area (Å²) in [5, 5.41) is 8.69. The number of hydrogen-bond acceptors (Lipinski definition) is 7. The zero-order valence-corrected chi connectivity index (χ0v) is 21.6. The minimum atomic E-state index is -3.46. The van der Waals surface area contributed by atoms with Gasteiger partial charge in [-0.15, -0.1) is 0 Å². The number of hydrogen-bond donors (Lipinski definition) is 3. The van der Waals surface area contributed by atoms with Crippen molar-refractivity contribution in [3.8, 4) is 11.1 Å². The Hall–Kier alpha value is -3.08. The van der Waals surface area contributed by atoms with Crippen molar-refractivity contribution in [2.45, 2.75) is 44.6 Å². The molecule has 9 nitrogen and oxygen atoms in total. The highest BCUT2D eigenvalue weighted by atomic mass is 35.5. The van der Waals surface area contributed by atoms with Crippen molar-refractivity contribution in [2.75, 3.05) is 17.0 Å². The summed E-state index contributed by atoms with van der Waals surface area (Å²) in [4.78, 5) is 21.1. The molecule has 1 fully saturated rings. The fraction of sp³-hybridized carbons (Fsp3) is 0.360. The molecule has 0 atom stereocenters. The molecular weight excluding hydrogens is 506 g/mol. The predicted octanol–water partition coefficient (Wildman–Crippen LogP) is 1.59. The largest absolute Gasteiger partial charge is 0.554 e. The second kappa shape index (κ2) is 11.3. The van der Waals surface area contributed by atoms with Gasteiger partial charge in [-0.05, 0) is 73.6 Å². The van der Waals surface area contributed by atoms with E-state index in [1.165, 1.54) is 0 Å². The van der Waals surface area contributed by atoms with Crippen LogP contribution in [0.25, 0.3) is 16.7 Å². The number of quaternary nitrogens is 1. The van der Waals surface area contributed by atoms with Gasteiger partial charge in [0.25, 0.3) is 0 Å². The second-order valence-electron chi connectivity index (χ2n) is 8.83. The topological polar surface area (TPSA) is 166 Å². The van der Waals surface area contributed by atoms with Crippen molar-refractivity contribution >= 4 is 45.3 Å². The van der Waals surface area contributed by atoms with Crippen LogP contribution in [0.1, 0.15) is 43.2 Å². The molecule has 0 unspecified atom stereocenters. The van der Waals surface area contributed by atoms with Gasteiger partial charge in [0.1, 0.15) is 5.75 Å². The summed E-state index contributed by atoms with van der Waals surface area (Å²) in [5.41, 5.74) is 13.7. The first-order valence-corrected chi connectivity index (χ1v) is 13.6. The van der Waals surface area contributed by atoms with Crippen molar-refractivity contribution in [3.63, 3.8) is 0 Å². The van der Waals surface area contributed by atoms with Crippen LogP contribution >= 0.6 is 11.6 Å². The molecular formula is C25H30ClN3O6S. The number of anilines is 1. The molecule has 6 N–H and O–H groups in total. The van der Waals surface area contributed by atoms with Gasteiger partial charge >= 0.3 is 5.97 Å². The quantitative estimate of drug-likeness (QED) is 0.373. The van der Waals surface area contributed by atoms with Gasteiger partial charge in [-0.25, -0.2) is 13.2 Å². The zero-order chi connectivity index (χ0) is 26.5. The first-order valence-electron chi connectivity index (χ1n) is 11.6. The van der Waals surface area contributed by atoms with E-state index in [0.29, 0.717) is 27.5 Å². The summed E-state index contributed by atoms with van der Waals surface area (Å²) in [5.74, 6) is -0.456. The van der Waals surface area contributed by atoms with E-state index in [2.05, 4.69) is 10.5 Å². The Morgan fingerprint density at radius 2 is 1.86 bits per heavy atom. The lowest BCUT2D eigenvalue weighted by atomic mass is 9.81. The van der Waals surface area contributed by atoms with E-state index in [1.54, 1.807) is 24.3 Å². The van der Waals surface area contributed by atoms with E-state index in [1.807, 2.05) is 19.1 Å². The molecule has 2 aliphatic rings. The fourth-order valence-corrected chi connectivity index (χ4v) is 5.95. The molecule has 1 aliphatic carbocycles. The van der Waals surface area contributed by atoms with Gasteiger partial charge in [0, 0.05) is 22.7 Å². The van der Waals surface area contributed by atoms with Crippen molar-refractivity contribution in [1.29, 1.82) is 0 Å². The molecule has 1 saturated carbocycles. The van der Waals surface area contributed by atoms with Crippen molar-refractivity contribution < 1.29 is 33.6 Å². The van der Waals surface area contributed by atoms with E-state index in [0.717, 1.165) is 48.8 Å². The molecule has 1 heterocycles. The first-order chi connectivity index (χ1) is 17.1. The van der Waals surface area contributed by atoms with Crippen LogP contribution < -0.4 is 21.3 Å². The molecule has 11 heteroatoms. The highest BCUT2D eigenvalue weighted by molar-refractivity contribution is 7.92. The van der Waals surface area contributed by atoms with E-state index in [9.17, 15) is 13.2 Å². The molecule has 194 valence electrons. The van der Waals surface area contributed by atoms with Crippen LogP contribution in [0.15, 0.2) is 42.1 Å². The molecule has 1 aliphatic heterocycles. The minimum Gasteiger partial charge on any atom is -0.554 e. The summed E-state index contributed by atoms with van der Waals surface area (Å²) in [6.07, 6.45) is 4.57. The summed E-state index contributed by atoms with van der Waals surface area (Å²) in [6, 6.07) is 10.7. The lowest BCUT2D eigenvalue weighted by molar-refractivity contribution is -0.360. The van der Waals surface area contributed by atoms with Gasteiger partial charge in [0.05, 0.1) is 17.8 Å². The van der Waals surface area contributed by atoms with E-state index >= 15 is 0 Å². The molecule has 2 aromatic rings. The first kappa shape index (κ1) is 27.5. The summed E-state index contributed by atoms with van der Waals surface area (Å²) < 4.78 is 32.6. The van der Waals surface area contributed by atoms with Crippen molar-refractivity contribution in [1.82, 2.24) is 0 Å². The lowest BCUT2D eigenvalue weighted by Crippen LogP contribution is -2.53. The van der Waals surface area contributed by atoms with Gasteiger partial charge in [-0.2, -0.15) is 0 Å². The zero-order valence-electron chi connectivity index (χ0n) is 20.0. The van der Waals surface area contributed by atoms with Crippen LogP contribution in [0.3, 0.4) is 0 Å². The Morgan fingerprint density at radius 3 is 2.50 bits per heavy atom. The average molecular weight is 536 g/mol. The maximum absolute atomic E-state index is 12.8. The molecule has 0 aromatic heterocycles. The number of aryl methyl sites for hydroxylation is 1. The number of nitrogens with two attached hydrogens (primary N) is 1. The number of sulfonamides is 1. The van der Waals surface area contributed by atoms with Gasteiger partial charge in [0.2, 0.25) is 10.0 Å². The highest BCUT2D eigenvalue weighted by Crippen LogP contribution is 2.45. The number of rotatable bonds is 6. The standard InChI is InChI=1S/C24H28ClN3O4S.CH2O2/c1-15-12-19(16-6-5-7-17(13-16)28-33(30,31)11-10-26)20(25)14-18(15)21-22(27)24(32-23(21)29)8-3-2-4-9-24;2-1-3/h5-7,12-14,28H,2-4,8-11,26-27H2,1H3;1H,(H,2,3). The number of ether oxygens (including phenoxy) is 1. The molecule has 36 heavy (non-hydrogen) atoms. The lowest BCUT2D eigenvalue weighted by Gasteiger charge is -2.32. The number of esters is 1. The number of nitrogens with one attached hydrogen (secondary N) is 1. The third kappa shape index (κ3) is 5.83. The summed E-state index contributed by atoms with van der Waals surface area (Å²) in [7, 11) is -3.46. The SMILES string of the molecule is Cc1cc(-c2cccc(NS(=O)(=O)CC[NH3+])c2)c(Cl)cc1C1=C(N)C2(CCCCC2)OC1=O.O=C[O-]. The number of halogens is 1. The molecule has 0 radical (unpaired) electrons. The molecule has 0 bridgehead atoms. The van der Waals surface area contributed by atoms with Crippen molar-refractivity contribution in [3.05, 3.63) is 58.2 Å². The van der Waals surface area contributed by atoms with Crippen molar-refractivity contribution in [2.24, 2.45) is 5.73 Å². The Morgan fingerprint density at radius 1 is 1.19 bits per heavy atom. The number of carbonyl (C=O) groups is 2. The predicted molar refractivity (Wildman–Crippen MR) is 136 cm³/mol. The van der Waals surface area contributed by atoms with E-state index < -0.39 is 28.1 Å². The molecule has 0 amide bonds. The summed E-state index contributed by atoms with van der Waals surface area (Å²) >= 11 is 6.66. The Labute approximate surface area is 215 Å². The van der Waals surface area contributed by atoms with E-state index in [-0.39, 0.29) is 12.3 Å². The van der Waals surface area contributed by atoms with Crippen LogP contribution in [-0.4, -0.2) is 38.8 Å². The minimum absolute atomic E-state index is 0.0556. The van der Waals surface area contributed by atoms with Crippen LogP contribution in [0.5, 0.6) is 0 Å². The van der Waals surface area contributed by atoms with Crippen LogP contribution in [0, 0.1) is 6.92 Å². The fourth-order valence-electron chi connectivity index (χ4n) is 4.71. The number of benzene rings is 2. The monoisotopic (exact) mass is 535 g/mol. The molecule has 2 aromatic carbocycles.